The molecule has 9 heavy (non-hydrogen) atoms. The molecular formula is C7H14O2. The van der Waals surface area contributed by atoms with Gasteiger partial charge in [-0.25, -0.2) is 0 Å². The molecule has 0 bridgehead atoms. The van der Waals surface area contributed by atoms with Gasteiger partial charge in [-0.15, -0.1) is 0 Å². The number of hydrogen-bond acceptors (Lipinski definition) is 2. The highest BCUT2D eigenvalue weighted by Crippen LogP contribution is 2.34. The molecule has 1 aliphatic carbocycles. The molecule has 0 saturated heterocycles. The van der Waals surface area contributed by atoms with Crippen LogP contribution in [0.25, 0.3) is 0 Å². The molecule has 2 heteroatoms. The minimum absolute atomic E-state index is 0.243. The summed E-state index contributed by atoms with van der Waals surface area (Å²) in [6, 6.07) is 0. The van der Waals surface area contributed by atoms with Gasteiger partial charge in [0, 0.05) is 0 Å². The summed E-state index contributed by atoms with van der Waals surface area (Å²) in [5.74, 6) is 0.243. The Morgan fingerprint density at radius 3 is 2.11 bits per heavy atom. The first-order valence-electron chi connectivity index (χ1n) is 3.45. The van der Waals surface area contributed by atoms with E-state index in [9.17, 15) is 10.2 Å². The van der Waals surface area contributed by atoms with Crippen molar-refractivity contribution in [2.24, 2.45) is 5.92 Å². The molecule has 0 aliphatic heterocycles. The van der Waals surface area contributed by atoms with Crippen LogP contribution in [0.3, 0.4) is 0 Å². The number of aliphatic hydroxyl groups is 2. The van der Waals surface area contributed by atoms with E-state index in [2.05, 4.69) is 0 Å². The Hall–Kier alpha value is -0.0800. The molecule has 0 aromatic carbocycles. The Balaban J connectivity index is 2.66. The van der Waals surface area contributed by atoms with Crippen LogP contribution in [0.2, 0.25) is 0 Å². The third-order valence-corrected chi connectivity index (χ3v) is 2.55. The maximum atomic E-state index is 9.48. The lowest BCUT2D eigenvalue weighted by molar-refractivity contribution is -0.0620. The van der Waals surface area contributed by atoms with Crippen molar-refractivity contribution in [1.82, 2.24) is 0 Å². The van der Waals surface area contributed by atoms with Crippen molar-refractivity contribution in [3.8, 4) is 0 Å². The Morgan fingerprint density at radius 1 is 1.44 bits per heavy atom. The lowest BCUT2D eigenvalue weighted by atomic mass is 9.94. The molecule has 0 radical (unpaired) electrons. The number of hydrogen-bond donors (Lipinski definition) is 2. The van der Waals surface area contributed by atoms with E-state index in [0.717, 1.165) is 12.8 Å². The Labute approximate surface area is 55.5 Å². The Morgan fingerprint density at radius 2 is 2.00 bits per heavy atom. The Kier molecular flexibility index (Phi) is 1.53. The molecule has 1 rings (SSSR count). The van der Waals surface area contributed by atoms with Gasteiger partial charge in [0.15, 0.2) is 0 Å². The minimum atomic E-state index is -0.833. The van der Waals surface area contributed by atoms with Crippen molar-refractivity contribution in [3.05, 3.63) is 0 Å². The second kappa shape index (κ2) is 1.96. The number of aliphatic hydroxyl groups excluding tert-OH is 1. The fourth-order valence-corrected chi connectivity index (χ4v) is 1.32. The highest BCUT2D eigenvalue weighted by molar-refractivity contribution is 4.93. The van der Waals surface area contributed by atoms with Crippen LogP contribution in [-0.4, -0.2) is 21.9 Å². The largest absolute Gasteiger partial charge is 0.390 e. The van der Waals surface area contributed by atoms with Crippen molar-refractivity contribution >= 4 is 0 Å². The smallest absolute Gasteiger partial charge is 0.0902 e. The molecule has 1 aliphatic rings. The monoisotopic (exact) mass is 130 g/mol. The lowest BCUT2D eigenvalue weighted by Gasteiger charge is -2.25. The van der Waals surface area contributed by atoms with Gasteiger partial charge in [0.2, 0.25) is 0 Å². The van der Waals surface area contributed by atoms with Gasteiger partial charge in [-0.2, -0.15) is 0 Å². The summed E-state index contributed by atoms with van der Waals surface area (Å²) in [4.78, 5) is 0. The van der Waals surface area contributed by atoms with E-state index >= 15 is 0 Å². The van der Waals surface area contributed by atoms with Crippen LogP contribution >= 0.6 is 0 Å². The van der Waals surface area contributed by atoms with Crippen molar-refractivity contribution in [2.45, 2.75) is 38.4 Å². The molecule has 2 N–H and O–H groups in total. The van der Waals surface area contributed by atoms with Crippen molar-refractivity contribution < 1.29 is 10.2 Å². The number of rotatable bonds is 0. The zero-order valence-corrected chi connectivity index (χ0v) is 5.96. The van der Waals surface area contributed by atoms with Gasteiger partial charge in [-0.05, 0) is 25.7 Å². The van der Waals surface area contributed by atoms with Crippen LogP contribution in [0.4, 0.5) is 0 Å². The van der Waals surface area contributed by atoms with E-state index in [0.29, 0.717) is 0 Å². The van der Waals surface area contributed by atoms with E-state index in [1.54, 1.807) is 6.92 Å². The topological polar surface area (TPSA) is 40.5 Å². The third kappa shape index (κ3) is 0.970. The van der Waals surface area contributed by atoms with Crippen LogP contribution in [0.5, 0.6) is 0 Å². The maximum absolute atomic E-state index is 9.48. The van der Waals surface area contributed by atoms with Crippen LogP contribution in [0, 0.1) is 5.92 Å². The van der Waals surface area contributed by atoms with E-state index < -0.39 is 11.7 Å². The summed E-state index contributed by atoms with van der Waals surface area (Å²) < 4.78 is 0. The van der Waals surface area contributed by atoms with Crippen molar-refractivity contribution in [3.63, 3.8) is 0 Å². The predicted molar refractivity (Wildman–Crippen MR) is 35.0 cm³/mol. The molecule has 0 aromatic rings. The molecule has 1 fully saturated rings. The van der Waals surface area contributed by atoms with Crippen molar-refractivity contribution in [2.75, 3.05) is 0 Å². The second-order valence-corrected chi connectivity index (χ2v) is 3.22. The average molecular weight is 130 g/mol. The molecule has 0 unspecified atom stereocenters. The second-order valence-electron chi connectivity index (χ2n) is 3.22. The molecule has 0 heterocycles. The molecule has 0 spiro atoms. The van der Waals surface area contributed by atoms with Gasteiger partial charge in [0.1, 0.15) is 0 Å². The molecular weight excluding hydrogens is 116 g/mol. The Bertz CT molecular complexity index is 97.5. The van der Waals surface area contributed by atoms with Crippen LogP contribution < -0.4 is 0 Å². The first-order chi connectivity index (χ1) is 4.05. The summed E-state index contributed by atoms with van der Waals surface area (Å²) in [6.07, 6.45) is 1.18. The van der Waals surface area contributed by atoms with Gasteiger partial charge >= 0.3 is 0 Å². The fraction of sp³-hybridized carbons (Fsp3) is 1.00. The SMILES string of the molecule is C[C@H]1CC[C@H](O)[C@]1(C)O. The third-order valence-electron chi connectivity index (χ3n) is 2.55. The predicted octanol–water partition coefficient (Wildman–Crippen LogP) is 0.528. The first kappa shape index (κ1) is 7.03. The van der Waals surface area contributed by atoms with E-state index in [1.165, 1.54) is 0 Å². The molecule has 3 atom stereocenters. The maximum Gasteiger partial charge on any atom is 0.0902 e. The first-order valence-corrected chi connectivity index (χ1v) is 3.45. The summed E-state index contributed by atoms with van der Waals surface area (Å²) >= 11 is 0. The fourth-order valence-electron chi connectivity index (χ4n) is 1.32. The molecule has 0 aromatic heterocycles. The quantitative estimate of drug-likeness (QED) is 0.502. The van der Waals surface area contributed by atoms with Gasteiger partial charge in [0.05, 0.1) is 11.7 Å². The molecule has 1 saturated carbocycles. The van der Waals surface area contributed by atoms with Gasteiger partial charge < -0.3 is 10.2 Å². The normalized spacial score (nSPS) is 52.0. The van der Waals surface area contributed by atoms with E-state index in [1.807, 2.05) is 6.92 Å². The summed E-state index contributed by atoms with van der Waals surface area (Å²) in [6.45, 7) is 3.67. The highest BCUT2D eigenvalue weighted by atomic mass is 16.3. The molecule has 0 amide bonds. The molecule has 54 valence electrons. The zero-order chi connectivity index (χ0) is 7.07. The van der Waals surface area contributed by atoms with Crippen LogP contribution in [0.15, 0.2) is 0 Å². The summed E-state index contributed by atoms with van der Waals surface area (Å²) in [5.41, 5.74) is -0.833. The lowest BCUT2D eigenvalue weighted by Crippen LogP contribution is -2.38. The van der Waals surface area contributed by atoms with Crippen LogP contribution in [-0.2, 0) is 0 Å². The van der Waals surface area contributed by atoms with Crippen molar-refractivity contribution in [1.29, 1.82) is 0 Å². The summed E-state index contributed by atoms with van der Waals surface area (Å²) in [7, 11) is 0. The van der Waals surface area contributed by atoms with E-state index in [4.69, 9.17) is 0 Å². The molecule has 2 nitrogen and oxygen atoms in total. The summed E-state index contributed by atoms with van der Waals surface area (Å²) in [5, 5.41) is 18.7. The van der Waals surface area contributed by atoms with Crippen LogP contribution in [0.1, 0.15) is 26.7 Å². The average Bonchev–Trinajstić information content (AvgIpc) is 1.96. The highest BCUT2D eigenvalue weighted by Gasteiger charge is 2.41. The van der Waals surface area contributed by atoms with Gasteiger partial charge in [0.25, 0.3) is 0 Å². The standard InChI is InChI=1S/C7H14O2/c1-5-3-4-6(8)7(5,2)9/h5-6,8-9H,3-4H2,1-2H3/t5-,6-,7+/m0/s1. The van der Waals surface area contributed by atoms with Gasteiger partial charge in [-0.1, -0.05) is 6.92 Å². The van der Waals surface area contributed by atoms with E-state index in [-0.39, 0.29) is 5.92 Å². The minimum Gasteiger partial charge on any atom is -0.390 e. The van der Waals surface area contributed by atoms with Gasteiger partial charge in [-0.3, -0.25) is 0 Å². The zero-order valence-electron chi connectivity index (χ0n) is 5.96.